The number of ether oxygens (including phenoxy) is 1. The van der Waals surface area contributed by atoms with Crippen molar-refractivity contribution < 1.29 is 13.5 Å². The minimum absolute atomic E-state index is 0.00449. The Morgan fingerprint density at radius 2 is 2.05 bits per heavy atom. The van der Waals surface area contributed by atoms with E-state index in [0.29, 0.717) is 0 Å². The molecule has 21 heavy (non-hydrogen) atoms. The molecule has 0 amide bonds. The topological polar surface area (TPSA) is 21.3 Å². The Morgan fingerprint density at radius 1 is 1.24 bits per heavy atom. The summed E-state index contributed by atoms with van der Waals surface area (Å²) in [6.45, 7) is -0.0174. The fourth-order valence-electron chi connectivity index (χ4n) is 2.33. The number of hydrogen-bond acceptors (Lipinski definition) is 3. The van der Waals surface area contributed by atoms with Gasteiger partial charge in [-0.2, -0.15) is 20.1 Å². The van der Waals surface area contributed by atoms with Crippen molar-refractivity contribution in [2.45, 2.75) is 32.4 Å². The summed E-state index contributed by atoms with van der Waals surface area (Å²) in [5.74, 6) is 0.253. The van der Waals surface area contributed by atoms with Crippen LogP contribution < -0.4 is 10.1 Å². The first-order chi connectivity index (χ1) is 10.2. The van der Waals surface area contributed by atoms with Gasteiger partial charge in [-0.1, -0.05) is 25.1 Å². The molecule has 0 spiro atoms. The van der Waals surface area contributed by atoms with E-state index in [9.17, 15) is 8.78 Å². The second-order valence-electron chi connectivity index (χ2n) is 4.70. The van der Waals surface area contributed by atoms with Gasteiger partial charge in [0.25, 0.3) is 0 Å². The number of hydrogen-bond donors (Lipinski definition) is 1. The van der Waals surface area contributed by atoms with Crippen molar-refractivity contribution in [3.63, 3.8) is 0 Å². The fraction of sp³-hybridized carbons (Fsp3) is 0.375. The molecule has 2 aromatic rings. The smallest absolute Gasteiger partial charge is 0.387 e. The van der Waals surface area contributed by atoms with E-state index in [4.69, 9.17) is 0 Å². The molecule has 0 saturated carbocycles. The number of halogens is 2. The van der Waals surface area contributed by atoms with Gasteiger partial charge < -0.3 is 10.1 Å². The van der Waals surface area contributed by atoms with Gasteiger partial charge in [-0.15, -0.1) is 0 Å². The van der Waals surface area contributed by atoms with E-state index >= 15 is 0 Å². The molecule has 1 aromatic carbocycles. The zero-order valence-corrected chi connectivity index (χ0v) is 12.7. The molecule has 0 saturated heterocycles. The molecule has 0 fully saturated rings. The second-order valence-corrected chi connectivity index (χ2v) is 5.48. The standard InChI is InChI=1S/C16H19F2NOS/c1-2-19-14(8-7-12-9-10-21-11-12)13-5-3-4-6-15(13)20-16(17)18/h3-6,9-11,14,16,19H,2,7-8H2,1H3. The van der Waals surface area contributed by atoms with Crippen LogP contribution in [0.3, 0.4) is 0 Å². The fourth-order valence-corrected chi connectivity index (χ4v) is 3.03. The van der Waals surface area contributed by atoms with Crippen molar-refractivity contribution >= 4 is 11.3 Å². The normalized spacial score (nSPS) is 12.6. The molecule has 1 heterocycles. The van der Waals surface area contributed by atoms with E-state index in [-0.39, 0.29) is 11.8 Å². The number of thiophene rings is 1. The molecule has 1 N–H and O–H groups in total. The van der Waals surface area contributed by atoms with E-state index < -0.39 is 6.61 Å². The first-order valence-corrected chi connectivity index (χ1v) is 7.93. The van der Waals surface area contributed by atoms with E-state index in [1.807, 2.05) is 24.4 Å². The molecule has 0 bridgehead atoms. The molecular formula is C16H19F2NOS. The minimum atomic E-state index is -2.80. The summed E-state index contributed by atoms with van der Waals surface area (Å²) in [4.78, 5) is 0. The van der Waals surface area contributed by atoms with Crippen LogP contribution in [-0.4, -0.2) is 13.2 Å². The molecule has 1 unspecified atom stereocenters. The lowest BCUT2D eigenvalue weighted by Gasteiger charge is -2.21. The van der Waals surface area contributed by atoms with Crippen molar-refractivity contribution in [1.82, 2.24) is 5.32 Å². The summed E-state index contributed by atoms with van der Waals surface area (Å²) in [5.41, 5.74) is 2.06. The molecule has 2 rings (SSSR count). The van der Waals surface area contributed by atoms with Gasteiger partial charge in [-0.25, -0.2) is 0 Å². The van der Waals surface area contributed by atoms with Gasteiger partial charge in [0.05, 0.1) is 0 Å². The maximum absolute atomic E-state index is 12.5. The van der Waals surface area contributed by atoms with Crippen LogP contribution >= 0.6 is 11.3 Å². The zero-order chi connectivity index (χ0) is 15.1. The van der Waals surface area contributed by atoms with E-state index in [1.165, 1.54) is 5.56 Å². The van der Waals surface area contributed by atoms with Gasteiger partial charge >= 0.3 is 6.61 Å². The lowest BCUT2D eigenvalue weighted by atomic mass is 9.99. The number of nitrogens with one attached hydrogen (secondary N) is 1. The Bertz CT molecular complexity index is 531. The summed E-state index contributed by atoms with van der Waals surface area (Å²) in [6, 6.07) is 9.10. The van der Waals surface area contributed by atoms with Gasteiger partial charge in [0, 0.05) is 11.6 Å². The van der Waals surface area contributed by atoms with Crippen LogP contribution in [0.2, 0.25) is 0 Å². The predicted octanol–water partition coefficient (Wildman–Crippen LogP) is 4.63. The number of benzene rings is 1. The highest BCUT2D eigenvalue weighted by Gasteiger charge is 2.17. The van der Waals surface area contributed by atoms with Crippen molar-refractivity contribution in [3.8, 4) is 5.75 Å². The van der Waals surface area contributed by atoms with E-state index in [1.54, 1.807) is 23.5 Å². The third kappa shape index (κ3) is 4.79. The number of alkyl halides is 2. The molecular weight excluding hydrogens is 292 g/mol. The third-order valence-corrected chi connectivity index (χ3v) is 3.99. The van der Waals surface area contributed by atoms with Gasteiger partial charge in [-0.05, 0) is 47.8 Å². The lowest BCUT2D eigenvalue weighted by Crippen LogP contribution is -2.22. The Labute approximate surface area is 127 Å². The first kappa shape index (κ1) is 15.9. The van der Waals surface area contributed by atoms with Crippen LogP contribution in [-0.2, 0) is 6.42 Å². The van der Waals surface area contributed by atoms with Crippen molar-refractivity contribution in [2.75, 3.05) is 6.54 Å². The number of para-hydroxylation sites is 1. The molecule has 114 valence electrons. The van der Waals surface area contributed by atoms with Gasteiger partial charge in [0.15, 0.2) is 0 Å². The van der Waals surface area contributed by atoms with Crippen LogP contribution in [0.1, 0.15) is 30.5 Å². The van der Waals surface area contributed by atoms with Gasteiger partial charge in [-0.3, -0.25) is 0 Å². The summed E-state index contributed by atoms with van der Waals surface area (Å²) in [5, 5.41) is 7.52. The Morgan fingerprint density at radius 3 is 2.71 bits per heavy atom. The summed E-state index contributed by atoms with van der Waals surface area (Å²) in [7, 11) is 0. The Balaban J connectivity index is 2.13. The molecule has 0 aliphatic rings. The lowest BCUT2D eigenvalue weighted by molar-refractivity contribution is -0.0507. The molecule has 1 atom stereocenters. The van der Waals surface area contributed by atoms with Crippen LogP contribution in [0.25, 0.3) is 0 Å². The van der Waals surface area contributed by atoms with E-state index in [0.717, 1.165) is 24.9 Å². The monoisotopic (exact) mass is 311 g/mol. The van der Waals surface area contributed by atoms with Crippen LogP contribution in [0.4, 0.5) is 8.78 Å². The maximum Gasteiger partial charge on any atom is 0.387 e. The SMILES string of the molecule is CCNC(CCc1ccsc1)c1ccccc1OC(F)F. The summed E-state index contributed by atoms with van der Waals surface area (Å²) in [6.07, 6.45) is 1.75. The van der Waals surface area contributed by atoms with Crippen LogP contribution in [0.5, 0.6) is 5.75 Å². The van der Waals surface area contributed by atoms with Crippen molar-refractivity contribution in [1.29, 1.82) is 0 Å². The highest BCUT2D eigenvalue weighted by Crippen LogP contribution is 2.29. The highest BCUT2D eigenvalue weighted by atomic mass is 32.1. The molecule has 5 heteroatoms. The third-order valence-electron chi connectivity index (χ3n) is 3.26. The average molecular weight is 311 g/mol. The average Bonchev–Trinajstić information content (AvgIpc) is 2.97. The van der Waals surface area contributed by atoms with Gasteiger partial charge in [0.1, 0.15) is 5.75 Å². The van der Waals surface area contributed by atoms with Crippen LogP contribution in [0, 0.1) is 0 Å². The molecule has 1 aromatic heterocycles. The second kappa shape index (κ2) is 8.10. The molecule has 0 aliphatic heterocycles. The molecule has 0 aliphatic carbocycles. The van der Waals surface area contributed by atoms with Crippen molar-refractivity contribution in [3.05, 3.63) is 52.2 Å². The maximum atomic E-state index is 12.5. The van der Waals surface area contributed by atoms with Gasteiger partial charge in [0.2, 0.25) is 0 Å². The molecule has 0 radical (unpaired) electrons. The molecule has 2 nitrogen and oxygen atoms in total. The zero-order valence-electron chi connectivity index (χ0n) is 11.9. The number of rotatable bonds is 8. The largest absolute Gasteiger partial charge is 0.434 e. The Kier molecular flexibility index (Phi) is 6.14. The summed E-state index contributed by atoms with van der Waals surface area (Å²) >= 11 is 1.67. The quantitative estimate of drug-likeness (QED) is 0.767. The van der Waals surface area contributed by atoms with Crippen molar-refractivity contribution in [2.24, 2.45) is 0 Å². The van der Waals surface area contributed by atoms with E-state index in [2.05, 4.69) is 21.5 Å². The summed E-state index contributed by atoms with van der Waals surface area (Å²) < 4.78 is 29.7. The minimum Gasteiger partial charge on any atom is -0.434 e. The first-order valence-electron chi connectivity index (χ1n) is 6.99. The highest BCUT2D eigenvalue weighted by molar-refractivity contribution is 7.07. The number of aryl methyl sites for hydroxylation is 1. The van der Waals surface area contributed by atoms with Crippen LogP contribution in [0.15, 0.2) is 41.1 Å². The predicted molar refractivity (Wildman–Crippen MR) is 82.1 cm³/mol. The Hall–Kier alpha value is -1.46.